The third-order valence-electron chi connectivity index (χ3n) is 3.74. The van der Waals surface area contributed by atoms with Crippen molar-refractivity contribution in [2.75, 3.05) is 20.2 Å². The van der Waals surface area contributed by atoms with Gasteiger partial charge in [0.25, 0.3) is 0 Å². The second-order valence-electron chi connectivity index (χ2n) is 5.08. The molecular formula is C13H24N4O2. The zero-order valence-corrected chi connectivity index (χ0v) is 11.7. The molecule has 6 heteroatoms. The Morgan fingerprint density at radius 2 is 1.95 bits per heavy atom. The van der Waals surface area contributed by atoms with E-state index in [0.29, 0.717) is 13.1 Å². The fourth-order valence-corrected chi connectivity index (χ4v) is 2.68. The first-order valence-electron chi connectivity index (χ1n) is 7.09. The summed E-state index contributed by atoms with van der Waals surface area (Å²) in [4.78, 5) is 14.8. The summed E-state index contributed by atoms with van der Waals surface area (Å²) >= 11 is 0. The smallest absolute Gasteiger partial charge is 0.326 e. The van der Waals surface area contributed by atoms with Gasteiger partial charge in [0.2, 0.25) is 0 Å². The van der Waals surface area contributed by atoms with Gasteiger partial charge in [-0.2, -0.15) is 0 Å². The lowest BCUT2D eigenvalue weighted by molar-refractivity contribution is -0.149. The molecule has 108 valence electrons. The maximum atomic E-state index is 12.1. The molecule has 0 spiro atoms. The number of carbonyl (C=O) groups is 1. The van der Waals surface area contributed by atoms with Crippen LogP contribution in [0.5, 0.6) is 0 Å². The summed E-state index contributed by atoms with van der Waals surface area (Å²) in [5, 5.41) is 6.85. The molecule has 1 N–H and O–H groups in total. The average Bonchev–Trinajstić information content (AvgIpc) is 2.40. The number of methoxy groups -OCH3 is 1. The summed E-state index contributed by atoms with van der Waals surface area (Å²) in [5.41, 5.74) is 7.69. The molecule has 6 nitrogen and oxygen atoms in total. The molecule has 0 aromatic heterocycles. The topological polar surface area (TPSA) is 87.1 Å². The Hall–Kier alpha value is -1.26. The average molecular weight is 268 g/mol. The highest BCUT2D eigenvalue weighted by molar-refractivity contribution is 5.80. The van der Waals surface area contributed by atoms with Gasteiger partial charge in [-0.05, 0) is 31.3 Å². The molecule has 0 saturated heterocycles. The molecule has 1 rings (SSSR count). The molecule has 0 heterocycles. The third-order valence-corrected chi connectivity index (χ3v) is 3.74. The first-order chi connectivity index (χ1) is 9.25. The standard InChI is InChI=1S/C13H24N4O2/c1-19-12(18)13(15-10-7-11-16-17-14)8-5-3-2-4-6-9-13/h15H,2-11H2,1H3. The monoisotopic (exact) mass is 268 g/mol. The normalized spacial score (nSPS) is 18.8. The first kappa shape index (κ1) is 15.8. The largest absolute Gasteiger partial charge is 0.468 e. The van der Waals surface area contributed by atoms with Gasteiger partial charge >= 0.3 is 5.97 Å². The second kappa shape index (κ2) is 8.77. The Balaban J connectivity index is 2.57. The van der Waals surface area contributed by atoms with Crippen LogP contribution in [0.4, 0.5) is 0 Å². The van der Waals surface area contributed by atoms with Crippen molar-refractivity contribution in [2.24, 2.45) is 5.11 Å². The van der Waals surface area contributed by atoms with Gasteiger partial charge < -0.3 is 10.1 Å². The van der Waals surface area contributed by atoms with E-state index in [1.807, 2.05) is 0 Å². The minimum atomic E-state index is -0.536. The fraction of sp³-hybridized carbons (Fsp3) is 0.923. The van der Waals surface area contributed by atoms with Gasteiger partial charge in [-0.15, -0.1) is 0 Å². The summed E-state index contributed by atoms with van der Waals surface area (Å²) in [5.74, 6) is -0.154. The molecule has 0 aromatic carbocycles. The van der Waals surface area contributed by atoms with Crippen molar-refractivity contribution in [3.8, 4) is 0 Å². The Labute approximate surface area is 114 Å². The number of nitrogens with zero attached hydrogens (tertiary/aromatic N) is 3. The molecule has 19 heavy (non-hydrogen) atoms. The van der Waals surface area contributed by atoms with Crippen molar-refractivity contribution >= 4 is 5.97 Å². The van der Waals surface area contributed by atoms with Crippen molar-refractivity contribution in [1.82, 2.24) is 5.32 Å². The lowest BCUT2D eigenvalue weighted by Crippen LogP contribution is -2.53. The summed E-state index contributed by atoms with van der Waals surface area (Å²) in [6.45, 7) is 1.13. The van der Waals surface area contributed by atoms with Crippen LogP contribution in [0, 0.1) is 0 Å². The zero-order chi connectivity index (χ0) is 14.0. The summed E-state index contributed by atoms with van der Waals surface area (Å²) in [7, 11) is 1.45. The minimum absolute atomic E-state index is 0.154. The van der Waals surface area contributed by atoms with Gasteiger partial charge in [0, 0.05) is 11.5 Å². The molecule has 1 aliphatic rings. The summed E-state index contributed by atoms with van der Waals surface area (Å²) in [6, 6.07) is 0. The molecule has 0 aliphatic heterocycles. The van der Waals surface area contributed by atoms with E-state index in [2.05, 4.69) is 15.3 Å². The summed E-state index contributed by atoms with van der Waals surface area (Å²) in [6.07, 6.45) is 8.13. The van der Waals surface area contributed by atoms with Gasteiger partial charge in [0.05, 0.1) is 7.11 Å². The molecule has 0 atom stereocenters. The van der Waals surface area contributed by atoms with Crippen LogP contribution < -0.4 is 5.32 Å². The van der Waals surface area contributed by atoms with Crippen LogP contribution in [0.3, 0.4) is 0 Å². The predicted octanol–water partition coefficient (Wildman–Crippen LogP) is 2.93. The quantitative estimate of drug-likeness (QED) is 0.264. The van der Waals surface area contributed by atoms with Gasteiger partial charge in [-0.25, -0.2) is 0 Å². The van der Waals surface area contributed by atoms with E-state index >= 15 is 0 Å². The Bertz CT molecular complexity index is 319. The number of hydrogen-bond donors (Lipinski definition) is 1. The van der Waals surface area contributed by atoms with Crippen molar-refractivity contribution in [3.05, 3.63) is 10.4 Å². The van der Waals surface area contributed by atoms with E-state index < -0.39 is 5.54 Å². The highest BCUT2D eigenvalue weighted by Crippen LogP contribution is 2.27. The highest BCUT2D eigenvalue weighted by atomic mass is 16.5. The molecular weight excluding hydrogens is 244 g/mol. The van der Waals surface area contributed by atoms with E-state index in [1.165, 1.54) is 26.4 Å². The first-order valence-corrected chi connectivity index (χ1v) is 7.09. The van der Waals surface area contributed by atoms with Crippen LogP contribution in [0.15, 0.2) is 5.11 Å². The van der Waals surface area contributed by atoms with E-state index in [1.54, 1.807) is 0 Å². The van der Waals surface area contributed by atoms with Crippen molar-refractivity contribution in [2.45, 2.75) is 56.9 Å². The molecule has 0 amide bonds. The SMILES string of the molecule is COC(=O)C1(NCCCN=[N+]=[N-])CCCCCCC1. The van der Waals surface area contributed by atoms with Crippen LogP contribution in [0.25, 0.3) is 10.4 Å². The number of ether oxygens (including phenoxy) is 1. The molecule has 0 aromatic rings. The number of rotatable bonds is 6. The van der Waals surface area contributed by atoms with Gasteiger partial charge in [-0.1, -0.05) is 37.2 Å². The van der Waals surface area contributed by atoms with Crippen LogP contribution in [0.1, 0.15) is 51.4 Å². The third kappa shape index (κ3) is 5.09. The van der Waals surface area contributed by atoms with Crippen molar-refractivity contribution < 1.29 is 9.53 Å². The van der Waals surface area contributed by atoms with Crippen LogP contribution >= 0.6 is 0 Å². The molecule has 1 fully saturated rings. The van der Waals surface area contributed by atoms with Gasteiger partial charge in [-0.3, -0.25) is 4.79 Å². The number of azide groups is 1. The Kier molecular flexibility index (Phi) is 7.30. The van der Waals surface area contributed by atoms with E-state index in [-0.39, 0.29) is 5.97 Å². The lowest BCUT2D eigenvalue weighted by atomic mass is 9.83. The predicted molar refractivity (Wildman–Crippen MR) is 73.7 cm³/mol. The maximum Gasteiger partial charge on any atom is 0.326 e. The molecule has 0 unspecified atom stereocenters. The Morgan fingerprint density at radius 1 is 1.32 bits per heavy atom. The molecule has 1 aliphatic carbocycles. The van der Waals surface area contributed by atoms with Crippen LogP contribution in [-0.2, 0) is 9.53 Å². The number of esters is 1. The van der Waals surface area contributed by atoms with Crippen LogP contribution in [0.2, 0.25) is 0 Å². The van der Waals surface area contributed by atoms with Crippen molar-refractivity contribution in [3.63, 3.8) is 0 Å². The highest BCUT2D eigenvalue weighted by Gasteiger charge is 2.38. The van der Waals surface area contributed by atoms with Crippen molar-refractivity contribution in [1.29, 1.82) is 0 Å². The Morgan fingerprint density at radius 3 is 2.53 bits per heavy atom. The molecule has 0 radical (unpaired) electrons. The number of carbonyl (C=O) groups excluding carboxylic acids is 1. The van der Waals surface area contributed by atoms with Crippen LogP contribution in [-0.4, -0.2) is 31.7 Å². The lowest BCUT2D eigenvalue weighted by Gasteiger charge is -2.33. The second-order valence-corrected chi connectivity index (χ2v) is 5.08. The van der Waals surface area contributed by atoms with E-state index in [4.69, 9.17) is 10.3 Å². The van der Waals surface area contributed by atoms with E-state index in [0.717, 1.165) is 32.1 Å². The zero-order valence-electron chi connectivity index (χ0n) is 11.7. The summed E-state index contributed by atoms with van der Waals surface area (Å²) < 4.78 is 4.98. The number of hydrogen-bond acceptors (Lipinski definition) is 4. The maximum absolute atomic E-state index is 12.1. The van der Waals surface area contributed by atoms with Gasteiger partial charge in [0.15, 0.2) is 0 Å². The fourth-order valence-electron chi connectivity index (χ4n) is 2.68. The minimum Gasteiger partial charge on any atom is -0.468 e. The van der Waals surface area contributed by atoms with E-state index in [9.17, 15) is 4.79 Å². The van der Waals surface area contributed by atoms with Gasteiger partial charge in [0.1, 0.15) is 5.54 Å². The molecule has 1 saturated carbocycles. The number of nitrogens with one attached hydrogen (secondary N) is 1. The molecule has 0 bridgehead atoms.